The molecule has 96 valence electrons. The molecule has 0 unspecified atom stereocenters. The molecule has 0 amide bonds. The Bertz CT molecular complexity index is 514. The van der Waals surface area contributed by atoms with E-state index in [9.17, 15) is 13.5 Å². The molecule has 0 aliphatic carbocycles. The lowest BCUT2D eigenvalue weighted by Gasteiger charge is -2.12. The predicted molar refractivity (Wildman–Crippen MR) is 71.8 cm³/mol. The van der Waals surface area contributed by atoms with Crippen molar-refractivity contribution < 1.29 is 13.5 Å². The minimum absolute atomic E-state index is 0. The van der Waals surface area contributed by atoms with E-state index in [1.165, 1.54) is 18.4 Å². The molecule has 1 aromatic carbocycles. The lowest BCUT2D eigenvalue weighted by molar-refractivity contribution is 0.466. The first-order valence-electron chi connectivity index (χ1n) is 5.24. The molecule has 17 heavy (non-hydrogen) atoms. The van der Waals surface area contributed by atoms with Gasteiger partial charge in [0.25, 0.3) is 0 Å². The quantitative estimate of drug-likeness (QED) is 0.811. The number of halogens is 1. The van der Waals surface area contributed by atoms with Crippen LogP contribution in [-0.2, 0) is 22.7 Å². The molecular formula is C11H16BrNO3S. The van der Waals surface area contributed by atoms with Gasteiger partial charge < -0.3 is 10.4 Å². The second-order valence-electron chi connectivity index (χ2n) is 4.06. The van der Waals surface area contributed by atoms with Gasteiger partial charge in [-0.25, -0.2) is 8.42 Å². The van der Waals surface area contributed by atoms with Crippen molar-refractivity contribution in [2.24, 2.45) is 0 Å². The van der Waals surface area contributed by atoms with Crippen molar-refractivity contribution in [1.82, 2.24) is 5.32 Å². The van der Waals surface area contributed by atoms with Gasteiger partial charge in [-0.15, -0.1) is 17.0 Å². The van der Waals surface area contributed by atoms with Crippen LogP contribution in [0.15, 0.2) is 17.0 Å². The normalized spacial score (nSPS) is 15.6. The summed E-state index contributed by atoms with van der Waals surface area (Å²) in [6.45, 7) is 1.52. The van der Waals surface area contributed by atoms with E-state index < -0.39 is 9.84 Å². The number of sulfone groups is 1. The molecular weight excluding hydrogens is 306 g/mol. The summed E-state index contributed by atoms with van der Waals surface area (Å²) in [5, 5.41) is 12.9. The van der Waals surface area contributed by atoms with Crippen molar-refractivity contribution in [2.75, 3.05) is 19.3 Å². The van der Waals surface area contributed by atoms with E-state index in [-0.39, 0.29) is 22.7 Å². The van der Waals surface area contributed by atoms with Gasteiger partial charge in [-0.2, -0.15) is 0 Å². The molecule has 1 aromatic rings. The Kier molecular flexibility index (Phi) is 4.57. The van der Waals surface area contributed by atoms with Gasteiger partial charge in [-0.05, 0) is 49.2 Å². The number of nitrogens with one attached hydrogen (secondary N) is 1. The minimum Gasteiger partial charge on any atom is -0.508 e. The first kappa shape index (κ1) is 14.5. The molecule has 0 atom stereocenters. The summed E-state index contributed by atoms with van der Waals surface area (Å²) in [7, 11) is -3.22. The van der Waals surface area contributed by atoms with Crippen LogP contribution < -0.4 is 5.32 Å². The number of hydrogen-bond acceptors (Lipinski definition) is 4. The molecule has 0 saturated heterocycles. The van der Waals surface area contributed by atoms with Crippen molar-refractivity contribution in [2.45, 2.75) is 17.7 Å². The Morgan fingerprint density at radius 1 is 1.18 bits per heavy atom. The summed E-state index contributed by atoms with van der Waals surface area (Å²) in [6.07, 6.45) is 2.52. The molecule has 0 spiro atoms. The summed E-state index contributed by atoms with van der Waals surface area (Å²) >= 11 is 0. The molecule has 2 rings (SSSR count). The van der Waals surface area contributed by atoms with E-state index in [4.69, 9.17) is 0 Å². The Hall–Kier alpha value is -0.590. The standard InChI is InChI=1S/C11H15NO3S.BrH/c1-16(14,15)11-3-2-10(13)8-4-6-12-7-5-9(8)11;/h2-3,12-13H,4-7H2,1H3;1H. The fourth-order valence-electron chi connectivity index (χ4n) is 2.11. The third-order valence-electron chi connectivity index (χ3n) is 2.87. The second kappa shape index (κ2) is 5.37. The zero-order valence-corrected chi connectivity index (χ0v) is 12.1. The highest BCUT2D eigenvalue weighted by Gasteiger charge is 2.20. The van der Waals surface area contributed by atoms with Crippen LogP contribution in [0.2, 0.25) is 0 Å². The number of benzene rings is 1. The van der Waals surface area contributed by atoms with Crippen molar-refractivity contribution in [1.29, 1.82) is 0 Å². The average molecular weight is 322 g/mol. The van der Waals surface area contributed by atoms with Gasteiger partial charge >= 0.3 is 0 Å². The van der Waals surface area contributed by atoms with Crippen LogP contribution in [0.5, 0.6) is 5.75 Å². The number of aromatic hydroxyl groups is 1. The van der Waals surface area contributed by atoms with Crippen molar-refractivity contribution in [3.63, 3.8) is 0 Å². The first-order valence-corrected chi connectivity index (χ1v) is 7.14. The van der Waals surface area contributed by atoms with Gasteiger partial charge in [0.1, 0.15) is 5.75 Å². The van der Waals surface area contributed by atoms with Crippen LogP contribution >= 0.6 is 17.0 Å². The zero-order valence-electron chi connectivity index (χ0n) is 9.56. The van der Waals surface area contributed by atoms with Crippen LogP contribution in [-0.4, -0.2) is 32.9 Å². The molecule has 1 heterocycles. The summed E-state index contributed by atoms with van der Waals surface area (Å²) in [6, 6.07) is 2.97. The Morgan fingerprint density at radius 3 is 2.35 bits per heavy atom. The largest absolute Gasteiger partial charge is 0.508 e. The molecule has 0 saturated carbocycles. The molecule has 0 aromatic heterocycles. The third-order valence-corrected chi connectivity index (χ3v) is 4.05. The fourth-order valence-corrected chi connectivity index (χ4v) is 3.10. The SMILES string of the molecule is Br.CS(=O)(=O)c1ccc(O)c2c1CCNCC2. The topological polar surface area (TPSA) is 66.4 Å². The van der Waals surface area contributed by atoms with E-state index in [2.05, 4.69) is 5.32 Å². The van der Waals surface area contributed by atoms with Crippen molar-refractivity contribution in [3.05, 3.63) is 23.3 Å². The molecule has 1 aliphatic heterocycles. The number of phenolic OH excluding ortho intramolecular Hbond substituents is 1. The lowest BCUT2D eigenvalue weighted by atomic mass is 10.0. The van der Waals surface area contributed by atoms with Gasteiger partial charge in [0, 0.05) is 6.26 Å². The van der Waals surface area contributed by atoms with Crippen molar-refractivity contribution in [3.8, 4) is 5.75 Å². The molecule has 0 bridgehead atoms. The molecule has 1 aliphatic rings. The van der Waals surface area contributed by atoms with Gasteiger partial charge in [-0.3, -0.25) is 0 Å². The minimum atomic E-state index is -3.22. The first-order chi connectivity index (χ1) is 7.50. The summed E-state index contributed by atoms with van der Waals surface area (Å²) in [4.78, 5) is 0.351. The number of fused-ring (bicyclic) bond motifs is 1. The molecule has 6 heteroatoms. The smallest absolute Gasteiger partial charge is 0.175 e. The van der Waals surface area contributed by atoms with Crippen LogP contribution in [0.4, 0.5) is 0 Å². The van der Waals surface area contributed by atoms with E-state index in [0.29, 0.717) is 17.7 Å². The second-order valence-corrected chi connectivity index (χ2v) is 6.05. The highest BCUT2D eigenvalue weighted by Crippen LogP contribution is 2.29. The van der Waals surface area contributed by atoms with E-state index >= 15 is 0 Å². The average Bonchev–Trinajstić information content (AvgIpc) is 2.42. The van der Waals surface area contributed by atoms with Crippen LogP contribution in [0.1, 0.15) is 11.1 Å². The maximum atomic E-state index is 11.6. The summed E-state index contributed by atoms with van der Waals surface area (Å²) in [5.41, 5.74) is 1.54. The van der Waals surface area contributed by atoms with Gasteiger partial charge in [-0.1, -0.05) is 0 Å². The Morgan fingerprint density at radius 2 is 1.76 bits per heavy atom. The van der Waals surface area contributed by atoms with Gasteiger partial charge in [0.15, 0.2) is 9.84 Å². The Balaban J connectivity index is 0.00000144. The molecule has 2 N–H and O–H groups in total. The molecule has 0 fully saturated rings. The van der Waals surface area contributed by atoms with Crippen LogP contribution in [0, 0.1) is 0 Å². The molecule has 4 nitrogen and oxygen atoms in total. The summed E-state index contributed by atoms with van der Waals surface area (Å²) in [5.74, 6) is 0.200. The van der Waals surface area contributed by atoms with Crippen LogP contribution in [0.25, 0.3) is 0 Å². The third kappa shape index (κ3) is 3.00. The highest BCUT2D eigenvalue weighted by molar-refractivity contribution is 8.93. The highest BCUT2D eigenvalue weighted by atomic mass is 79.9. The lowest BCUT2D eigenvalue weighted by Crippen LogP contribution is -2.16. The molecule has 0 radical (unpaired) electrons. The predicted octanol–water partition coefficient (Wildman–Crippen LogP) is 1.06. The Labute approximate surface area is 112 Å². The zero-order chi connectivity index (χ0) is 11.8. The number of rotatable bonds is 1. The number of phenols is 1. The number of hydrogen-bond donors (Lipinski definition) is 2. The van der Waals surface area contributed by atoms with E-state index in [0.717, 1.165) is 24.2 Å². The summed E-state index contributed by atoms with van der Waals surface area (Å²) < 4.78 is 23.3. The van der Waals surface area contributed by atoms with Gasteiger partial charge in [0.05, 0.1) is 4.90 Å². The van der Waals surface area contributed by atoms with E-state index in [1.54, 1.807) is 0 Å². The maximum absolute atomic E-state index is 11.6. The monoisotopic (exact) mass is 321 g/mol. The fraction of sp³-hybridized carbons (Fsp3) is 0.455. The van der Waals surface area contributed by atoms with E-state index in [1.807, 2.05) is 0 Å². The maximum Gasteiger partial charge on any atom is 0.175 e. The van der Waals surface area contributed by atoms with Crippen LogP contribution in [0.3, 0.4) is 0 Å². The van der Waals surface area contributed by atoms with Crippen molar-refractivity contribution >= 4 is 26.8 Å². The van der Waals surface area contributed by atoms with Gasteiger partial charge in [0.2, 0.25) is 0 Å².